The quantitative estimate of drug-likeness (QED) is 0.879. The second-order valence-corrected chi connectivity index (χ2v) is 6.22. The number of nitrogens with one attached hydrogen (secondary N) is 1. The minimum absolute atomic E-state index is 0.0612. The van der Waals surface area contributed by atoms with Gasteiger partial charge < -0.3 is 5.32 Å². The SMILES string of the molecule is CSc1ccc(C(=O)Nc2ccc3c(c2)CN(C)C3)cc1. The molecule has 2 aromatic rings. The van der Waals surface area contributed by atoms with Crippen LogP contribution in [0.4, 0.5) is 5.69 Å². The van der Waals surface area contributed by atoms with Crippen LogP contribution in [0.1, 0.15) is 21.5 Å². The summed E-state index contributed by atoms with van der Waals surface area (Å²) in [5.74, 6) is -0.0612. The molecule has 1 heterocycles. The highest BCUT2D eigenvalue weighted by Gasteiger charge is 2.16. The Balaban J connectivity index is 1.74. The van der Waals surface area contributed by atoms with Crippen molar-refractivity contribution in [1.82, 2.24) is 4.90 Å². The maximum Gasteiger partial charge on any atom is 0.255 e. The van der Waals surface area contributed by atoms with Crippen LogP contribution >= 0.6 is 11.8 Å². The van der Waals surface area contributed by atoms with E-state index in [0.717, 1.165) is 23.7 Å². The van der Waals surface area contributed by atoms with Gasteiger partial charge in [0.05, 0.1) is 0 Å². The van der Waals surface area contributed by atoms with E-state index in [9.17, 15) is 4.79 Å². The number of hydrogen-bond donors (Lipinski definition) is 1. The highest BCUT2D eigenvalue weighted by Crippen LogP contribution is 2.25. The van der Waals surface area contributed by atoms with E-state index in [2.05, 4.69) is 29.4 Å². The molecule has 108 valence electrons. The van der Waals surface area contributed by atoms with Gasteiger partial charge >= 0.3 is 0 Å². The molecule has 0 aromatic heterocycles. The third-order valence-corrected chi connectivity index (χ3v) is 4.44. The molecule has 0 aliphatic carbocycles. The summed E-state index contributed by atoms with van der Waals surface area (Å²) in [6.45, 7) is 1.93. The molecule has 1 aliphatic rings. The highest BCUT2D eigenvalue weighted by atomic mass is 32.2. The van der Waals surface area contributed by atoms with E-state index >= 15 is 0 Å². The van der Waals surface area contributed by atoms with Crippen LogP contribution in [0.3, 0.4) is 0 Å². The number of rotatable bonds is 3. The average Bonchev–Trinajstić information content (AvgIpc) is 2.86. The van der Waals surface area contributed by atoms with Crippen molar-refractivity contribution in [2.24, 2.45) is 0 Å². The first-order valence-corrected chi connectivity index (χ1v) is 8.14. The van der Waals surface area contributed by atoms with Gasteiger partial charge in [0, 0.05) is 29.2 Å². The van der Waals surface area contributed by atoms with Crippen LogP contribution in [0.2, 0.25) is 0 Å². The Kier molecular flexibility index (Phi) is 3.99. The van der Waals surface area contributed by atoms with Gasteiger partial charge in [-0.05, 0) is 60.8 Å². The molecule has 0 saturated heterocycles. The van der Waals surface area contributed by atoms with E-state index in [4.69, 9.17) is 0 Å². The summed E-state index contributed by atoms with van der Waals surface area (Å²) in [5, 5.41) is 2.98. The van der Waals surface area contributed by atoms with Gasteiger partial charge in [-0.3, -0.25) is 9.69 Å². The van der Waals surface area contributed by atoms with Crippen molar-refractivity contribution in [3.05, 3.63) is 59.2 Å². The Hall–Kier alpha value is -1.78. The summed E-state index contributed by atoms with van der Waals surface area (Å²) in [4.78, 5) is 15.7. The summed E-state index contributed by atoms with van der Waals surface area (Å²) in [7, 11) is 2.10. The minimum Gasteiger partial charge on any atom is -0.322 e. The van der Waals surface area contributed by atoms with Gasteiger partial charge in [-0.15, -0.1) is 11.8 Å². The zero-order chi connectivity index (χ0) is 14.8. The summed E-state index contributed by atoms with van der Waals surface area (Å²) in [6, 6.07) is 13.8. The summed E-state index contributed by atoms with van der Waals surface area (Å²) in [6.07, 6.45) is 2.02. The first kappa shape index (κ1) is 14.2. The van der Waals surface area contributed by atoms with Crippen molar-refractivity contribution >= 4 is 23.4 Å². The molecule has 1 aliphatic heterocycles. The minimum atomic E-state index is -0.0612. The van der Waals surface area contributed by atoms with Gasteiger partial charge in [0.25, 0.3) is 5.91 Å². The molecule has 0 saturated carbocycles. The van der Waals surface area contributed by atoms with E-state index in [-0.39, 0.29) is 5.91 Å². The van der Waals surface area contributed by atoms with Crippen molar-refractivity contribution < 1.29 is 4.79 Å². The lowest BCUT2D eigenvalue weighted by Crippen LogP contribution is -2.12. The smallest absolute Gasteiger partial charge is 0.255 e. The van der Waals surface area contributed by atoms with Crippen LogP contribution in [-0.2, 0) is 13.1 Å². The number of fused-ring (bicyclic) bond motifs is 1. The third kappa shape index (κ3) is 3.12. The maximum atomic E-state index is 12.2. The van der Waals surface area contributed by atoms with Crippen molar-refractivity contribution in [1.29, 1.82) is 0 Å². The van der Waals surface area contributed by atoms with E-state index in [0.29, 0.717) is 5.56 Å². The second-order valence-electron chi connectivity index (χ2n) is 5.34. The molecule has 0 unspecified atom stereocenters. The number of carbonyl (C=O) groups is 1. The number of amides is 1. The summed E-state index contributed by atoms with van der Waals surface area (Å²) < 4.78 is 0. The van der Waals surface area contributed by atoms with Crippen molar-refractivity contribution in [2.75, 3.05) is 18.6 Å². The predicted molar refractivity (Wildman–Crippen MR) is 87.8 cm³/mol. The molecule has 21 heavy (non-hydrogen) atoms. The van der Waals surface area contributed by atoms with Gasteiger partial charge in [-0.1, -0.05) is 6.07 Å². The van der Waals surface area contributed by atoms with Crippen LogP contribution in [-0.4, -0.2) is 24.1 Å². The molecule has 3 rings (SSSR count). The zero-order valence-corrected chi connectivity index (χ0v) is 13.0. The Morgan fingerprint density at radius 1 is 1.10 bits per heavy atom. The number of nitrogens with zero attached hydrogens (tertiary/aromatic N) is 1. The summed E-state index contributed by atoms with van der Waals surface area (Å²) >= 11 is 1.67. The lowest BCUT2D eigenvalue weighted by atomic mass is 10.1. The fourth-order valence-electron chi connectivity index (χ4n) is 2.59. The molecule has 0 spiro atoms. The number of anilines is 1. The fraction of sp³-hybridized carbons (Fsp3) is 0.235. The maximum absolute atomic E-state index is 12.2. The molecular weight excluding hydrogens is 280 g/mol. The summed E-state index contributed by atoms with van der Waals surface area (Å²) in [5.41, 5.74) is 4.20. The zero-order valence-electron chi connectivity index (χ0n) is 12.2. The van der Waals surface area contributed by atoms with Crippen LogP contribution in [0.15, 0.2) is 47.4 Å². The highest BCUT2D eigenvalue weighted by molar-refractivity contribution is 7.98. The van der Waals surface area contributed by atoms with Crippen LogP contribution in [0.5, 0.6) is 0 Å². The monoisotopic (exact) mass is 298 g/mol. The molecular formula is C17H18N2OS. The molecule has 0 fully saturated rings. The fourth-order valence-corrected chi connectivity index (χ4v) is 3.00. The molecule has 2 aromatic carbocycles. The lowest BCUT2D eigenvalue weighted by molar-refractivity contribution is 0.102. The normalized spacial score (nSPS) is 14.0. The molecule has 4 heteroatoms. The van der Waals surface area contributed by atoms with Gasteiger partial charge in [-0.2, -0.15) is 0 Å². The molecule has 1 N–H and O–H groups in total. The number of carbonyl (C=O) groups excluding carboxylic acids is 1. The Morgan fingerprint density at radius 2 is 1.81 bits per heavy atom. The van der Waals surface area contributed by atoms with E-state index in [1.165, 1.54) is 11.1 Å². The Bertz CT molecular complexity index is 667. The number of hydrogen-bond acceptors (Lipinski definition) is 3. The first-order chi connectivity index (χ1) is 10.2. The number of thioether (sulfide) groups is 1. The van der Waals surface area contributed by atoms with Crippen LogP contribution in [0, 0.1) is 0 Å². The van der Waals surface area contributed by atoms with Crippen LogP contribution < -0.4 is 5.32 Å². The van der Waals surface area contributed by atoms with Gasteiger partial charge in [-0.25, -0.2) is 0 Å². The molecule has 3 nitrogen and oxygen atoms in total. The molecule has 0 radical (unpaired) electrons. The van der Waals surface area contributed by atoms with E-state index in [1.54, 1.807) is 11.8 Å². The molecule has 0 atom stereocenters. The average molecular weight is 298 g/mol. The molecule has 1 amide bonds. The Labute approximate surface area is 129 Å². The predicted octanol–water partition coefficient (Wildman–Crippen LogP) is 3.61. The lowest BCUT2D eigenvalue weighted by Gasteiger charge is -2.07. The number of benzene rings is 2. The Morgan fingerprint density at radius 3 is 2.52 bits per heavy atom. The van der Waals surface area contributed by atoms with Crippen molar-refractivity contribution in [2.45, 2.75) is 18.0 Å². The third-order valence-electron chi connectivity index (χ3n) is 3.70. The topological polar surface area (TPSA) is 32.3 Å². The largest absolute Gasteiger partial charge is 0.322 e. The molecule has 0 bridgehead atoms. The van der Waals surface area contributed by atoms with Gasteiger partial charge in [0.1, 0.15) is 0 Å². The standard InChI is InChI=1S/C17H18N2OS/c1-19-10-13-3-6-15(9-14(13)11-19)18-17(20)12-4-7-16(21-2)8-5-12/h3-9H,10-11H2,1-2H3,(H,18,20). The van der Waals surface area contributed by atoms with E-state index < -0.39 is 0 Å². The second kappa shape index (κ2) is 5.92. The van der Waals surface area contributed by atoms with Gasteiger partial charge in [0.2, 0.25) is 0 Å². The van der Waals surface area contributed by atoms with Crippen molar-refractivity contribution in [3.63, 3.8) is 0 Å². The first-order valence-electron chi connectivity index (χ1n) is 6.91. The van der Waals surface area contributed by atoms with E-state index in [1.807, 2.05) is 36.6 Å². The van der Waals surface area contributed by atoms with Crippen molar-refractivity contribution in [3.8, 4) is 0 Å². The van der Waals surface area contributed by atoms with Gasteiger partial charge in [0.15, 0.2) is 0 Å². The van der Waals surface area contributed by atoms with Crippen LogP contribution in [0.25, 0.3) is 0 Å².